The summed E-state index contributed by atoms with van der Waals surface area (Å²) in [4.78, 5) is 0. The molecule has 0 aliphatic carbocycles. The van der Waals surface area contributed by atoms with Crippen molar-refractivity contribution in [2.45, 2.75) is 18.9 Å². The van der Waals surface area contributed by atoms with E-state index in [1.807, 2.05) is 12.1 Å². The third kappa shape index (κ3) is 4.28. The van der Waals surface area contributed by atoms with Crippen LogP contribution in [0, 0.1) is 0 Å². The quantitative estimate of drug-likeness (QED) is 0.807. The molecule has 0 amide bonds. The van der Waals surface area contributed by atoms with Crippen molar-refractivity contribution in [1.82, 2.24) is 5.32 Å². The van der Waals surface area contributed by atoms with Crippen LogP contribution in [0.3, 0.4) is 0 Å². The molecule has 0 bridgehead atoms. The molecule has 116 valence electrons. The van der Waals surface area contributed by atoms with E-state index in [4.69, 9.17) is 4.74 Å². The molecule has 1 saturated heterocycles. The molecule has 22 heavy (non-hydrogen) atoms. The Morgan fingerprint density at radius 3 is 2.50 bits per heavy atom. The molecule has 2 nitrogen and oxygen atoms in total. The van der Waals surface area contributed by atoms with Gasteiger partial charge in [-0.05, 0) is 36.0 Å². The van der Waals surface area contributed by atoms with E-state index < -0.39 is 0 Å². The van der Waals surface area contributed by atoms with Crippen molar-refractivity contribution in [3.8, 4) is 16.9 Å². The maximum Gasteiger partial charge on any atom is 0.127 e. The highest BCUT2D eigenvalue weighted by atomic mass is 32.2. The number of benzene rings is 2. The molecule has 0 atom stereocenters. The summed E-state index contributed by atoms with van der Waals surface area (Å²) in [6, 6.07) is 19.4. The molecule has 2 aromatic carbocycles. The summed E-state index contributed by atoms with van der Waals surface area (Å²) < 4.78 is 6.01. The lowest BCUT2D eigenvalue weighted by atomic mass is 10.1. The Bertz CT molecular complexity index is 567. The Hall–Kier alpha value is -1.45. The average Bonchev–Trinajstić information content (AvgIpc) is 2.61. The number of rotatable bonds is 6. The van der Waals surface area contributed by atoms with Crippen LogP contribution < -0.4 is 10.1 Å². The molecule has 1 heterocycles. The van der Waals surface area contributed by atoms with Gasteiger partial charge in [0.1, 0.15) is 12.4 Å². The van der Waals surface area contributed by atoms with Crippen LogP contribution >= 0.6 is 11.8 Å². The van der Waals surface area contributed by atoms with Gasteiger partial charge in [-0.25, -0.2) is 0 Å². The smallest absolute Gasteiger partial charge is 0.127 e. The minimum atomic E-state index is 0.675. The molecule has 1 aliphatic heterocycles. The van der Waals surface area contributed by atoms with Gasteiger partial charge < -0.3 is 10.1 Å². The maximum absolute atomic E-state index is 6.01. The Morgan fingerprint density at radius 2 is 1.68 bits per heavy atom. The van der Waals surface area contributed by atoms with Crippen LogP contribution in [0.4, 0.5) is 0 Å². The Labute approximate surface area is 137 Å². The molecule has 3 rings (SSSR count). The van der Waals surface area contributed by atoms with E-state index in [9.17, 15) is 0 Å². The Morgan fingerprint density at radius 1 is 0.955 bits per heavy atom. The highest BCUT2D eigenvalue weighted by molar-refractivity contribution is 7.99. The summed E-state index contributed by atoms with van der Waals surface area (Å²) in [6.45, 7) is 1.63. The van der Waals surface area contributed by atoms with Crippen LogP contribution in [0.15, 0.2) is 54.6 Å². The Balaban J connectivity index is 1.54. The topological polar surface area (TPSA) is 21.3 Å². The zero-order chi connectivity index (χ0) is 15.0. The normalized spacial score (nSPS) is 15.6. The van der Waals surface area contributed by atoms with Gasteiger partial charge in [-0.2, -0.15) is 11.8 Å². The first-order valence-corrected chi connectivity index (χ1v) is 9.17. The lowest BCUT2D eigenvalue weighted by molar-refractivity contribution is 0.303. The standard InChI is InChI=1S/C19H23NOS/c1-2-6-16(7-3-1)18-8-4-5-9-19(18)21-13-12-20-17-10-14-22-15-11-17/h1-9,17,20H,10-15H2. The molecular formula is C19H23NOS. The van der Waals surface area contributed by atoms with E-state index in [-0.39, 0.29) is 0 Å². The zero-order valence-corrected chi connectivity index (χ0v) is 13.6. The second kappa shape index (κ2) is 8.25. The van der Waals surface area contributed by atoms with Crippen molar-refractivity contribution in [2.75, 3.05) is 24.7 Å². The molecule has 1 aliphatic rings. The van der Waals surface area contributed by atoms with Gasteiger partial charge in [-0.15, -0.1) is 0 Å². The fourth-order valence-corrected chi connectivity index (χ4v) is 3.88. The average molecular weight is 313 g/mol. The van der Waals surface area contributed by atoms with Gasteiger partial charge in [-0.1, -0.05) is 48.5 Å². The largest absolute Gasteiger partial charge is 0.492 e. The van der Waals surface area contributed by atoms with Crippen LogP contribution in [-0.2, 0) is 0 Å². The molecular weight excluding hydrogens is 290 g/mol. The van der Waals surface area contributed by atoms with Crippen LogP contribution in [-0.4, -0.2) is 30.7 Å². The minimum absolute atomic E-state index is 0.675. The van der Waals surface area contributed by atoms with Crippen molar-refractivity contribution < 1.29 is 4.74 Å². The third-order valence-corrected chi connectivity index (χ3v) is 5.03. The zero-order valence-electron chi connectivity index (χ0n) is 12.8. The fourth-order valence-electron chi connectivity index (χ4n) is 2.77. The lowest BCUT2D eigenvalue weighted by Crippen LogP contribution is -2.35. The van der Waals surface area contributed by atoms with E-state index in [0.717, 1.165) is 17.9 Å². The van der Waals surface area contributed by atoms with Gasteiger partial charge >= 0.3 is 0 Å². The molecule has 0 radical (unpaired) electrons. The summed E-state index contributed by atoms with van der Waals surface area (Å²) in [5.74, 6) is 3.54. The number of hydrogen-bond donors (Lipinski definition) is 1. The summed E-state index contributed by atoms with van der Waals surface area (Å²) >= 11 is 2.06. The SMILES string of the molecule is c1ccc(-c2ccccc2OCCNC2CCSCC2)cc1. The molecule has 0 spiro atoms. The highest BCUT2D eigenvalue weighted by Crippen LogP contribution is 2.29. The number of thioether (sulfide) groups is 1. The first-order valence-electron chi connectivity index (χ1n) is 8.02. The molecule has 0 unspecified atom stereocenters. The van der Waals surface area contributed by atoms with Crippen molar-refractivity contribution in [2.24, 2.45) is 0 Å². The van der Waals surface area contributed by atoms with Gasteiger partial charge in [0.25, 0.3) is 0 Å². The van der Waals surface area contributed by atoms with Crippen LogP contribution in [0.5, 0.6) is 5.75 Å². The Kier molecular flexibility index (Phi) is 5.79. The van der Waals surface area contributed by atoms with E-state index in [1.165, 1.54) is 29.9 Å². The van der Waals surface area contributed by atoms with Gasteiger partial charge in [-0.3, -0.25) is 0 Å². The predicted molar refractivity (Wildman–Crippen MR) is 95.7 cm³/mol. The number of nitrogens with one attached hydrogen (secondary N) is 1. The van der Waals surface area contributed by atoms with Gasteiger partial charge in [0, 0.05) is 18.2 Å². The molecule has 1 N–H and O–H groups in total. The minimum Gasteiger partial charge on any atom is -0.492 e. The highest BCUT2D eigenvalue weighted by Gasteiger charge is 2.12. The second-order valence-electron chi connectivity index (χ2n) is 5.55. The van der Waals surface area contributed by atoms with E-state index in [2.05, 4.69) is 59.5 Å². The predicted octanol–water partition coefficient (Wildman–Crippen LogP) is 4.22. The summed E-state index contributed by atoms with van der Waals surface area (Å²) in [5.41, 5.74) is 2.37. The van der Waals surface area contributed by atoms with Gasteiger partial charge in [0.2, 0.25) is 0 Å². The molecule has 1 fully saturated rings. The summed E-state index contributed by atoms with van der Waals surface area (Å²) in [7, 11) is 0. The van der Waals surface area contributed by atoms with E-state index in [1.54, 1.807) is 0 Å². The second-order valence-corrected chi connectivity index (χ2v) is 6.78. The summed E-state index contributed by atoms with van der Waals surface area (Å²) in [6.07, 6.45) is 2.57. The maximum atomic E-state index is 6.01. The first kappa shape index (κ1) is 15.4. The lowest BCUT2D eigenvalue weighted by Gasteiger charge is -2.22. The number of ether oxygens (including phenoxy) is 1. The monoisotopic (exact) mass is 313 g/mol. The molecule has 2 aromatic rings. The number of para-hydroxylation sites is 1. The van der Waals surface area contributed by atoms with Crippen molar-refractivity contribution >= 4 is 11.8 Å². The van der Waals surface area contributed by atoms with E-state index in [0.29, 0.717) is 12.6 Å². The van der Waals surface area contributed by atoms with E-state index >= 15 is 0 Å². The van der Waals surface area contributed by atoms with Gasteiger partial charge in [0.05, 0.1) is 0 Å². The number of hydrogen-bond acceptors (Lipinski definition) is 3. The third-order valence-electron chi connectivity index (χ3n) is 3.99. The van der Waals surface area contributed by atoms with Crippen LogP contribution in [0.2, 0.25) is 0 Å². The molecule has 0 saturated carbocycles. The van der Waals surface area contributed by atoms with Crippen molar-refractivity contribution in [3.05, 3.63) is 54.6 Å². The van der Waals surface area contributed by atoms with Crippen molar-refractivity contribution in [3.63, 3.8) is 0 Å². The summed E-state index contributed by atoms with van der Waals surface area (Å²) in [5, 5.41) is 3.61. The first-order chi connectivity index (χ1) is 10.9. The van der Waals surface area contributed by atoms with Gasteiger partial charge in [0.15, 0.2) is 0 Å². The fraction of sp³-hybridized carbons (Fsp3) is 0.368. The molecule has 0 aromatic heterocycles. The van der Waals surface area contributed by atoms with Crippen LogP contribution in [0.25, 0.3) is 11.1 Å². The van der Waals surface area contributed by atoms with Crippen molar-refractivity contribution in [1.29, 1.82) is 0 Å². The van der Waals surface area contributed by atoms with Crippen LogP contribution in [0.1, 0.15) is 12.8 Å². The molecule has 3 heteroatoms.